The van der Waals surface area contributed by atoms with Gasteiger partial charge in [0.25, 0.3) is 0 Å². The van der Waals surface area contributed by atoms with Gasteiger partial charge in [0.1, 0.15) is 5.82 Å². The van der Waals surface area contributed by atoms with Crippen molar-refractivity contribution in [1.82, 2.24) is 4.90 Å². The van der Waals surface area contributed by atoms with Crippen LogP contribution in [0.15, 0.2) is 18.2 Å². The van der Waals surface area contributed by atoms with Crippen LogP contribution in [0.4, 0.5) is 4.39 Å². The van der Waals surface area contributed by atoms with Gasteiger partial charge in [-0.15, -0.1) is 0 Å². The Morgan fingerprint density at radius 2 is 1.85 bits per heavy atom. The maximum absolute atomic E-state index is 13.9. The van der Waals surface area contributed by atoms with Crippen molar-refractivity contribution in [2.45, 2.75) is 32.4 Å². The topological polar surface area (TPSA) is 63.4 Å². The molecular formula is C15H17FN2O2. The Hall–Kier alpha value is -1.75. The molecule has 0 aromatic heterocycles. The number of imide groups is 1. The van der Waals surface area contributed by atoms with E-state index in [0.29, 0.717) is 11.1 Å². The summed E-state index contributed by atoms with van der Waals surface area (Å²) in [6.07, 6.45) is 2.49. The standard InChI is InChI=1S/C15H17FN2O2/c16-13-6-9(7-17)4-5-10(13)8-18-14(19)11-2-1-3-12(11)15(18)20/h4-6,11-12H,1-3,7-8,17H2. The molecule has 1 saturated heterocycles. The Labute approximate surface area is 116 Å². The summed E-state index contributed by atoms with van der Waals surface area (Å²) < 4.78 is 13.9. The quantitative estimate of drug-likeness (QED) is 0.852. The van der Waals surface area contributed by atoms with Crippen LogP contribution >= 0.6 is 0 Å². The van der Waals surface area contributed by atoms with E-state index in [2.05, 4.69) is 0 Å². The summed E-state index contributed by atoms with van der Waals surface area (Å²) in [7, 11) is 0. The summed E-state index contributed by atoms with van der Waals surface area (Å²) in [5, 5.41) is 0. The number of carbonyl (C=O) groups excluding carboxylic acids is 2. The fourth-order valence-corrected chi connectivity index (χ4v) is 3.23. The van der Waals surface area contributed by atoms with Gasteiger partial charge in [-0.05, 0) is 24.5 Å². The van der Waals surface area contributed by atoms with E-state index in [-0.39, 0.29) is 36.7 Å². The van der Waals surface area contributed by atoms with Crippen LogP contribution in [0, 0.1) is 17.7 Å². The van der Waals surface area contributed by atoms with E-state index < -0.39 is 5.82 Å². The number of nitrogens with two attached hydrogens (primary N) is 1. The van der Waals surface area contributed by atoms with E-state index in [1.54, 1.807) is 12.1 Å². The Morgan fingerprint density at radius 3 is 2.40 bits per heavy atom. The highest BCUT2D eigenvalue weighted by Gasteiger charge is 2.49. The molecule has 0 spiro atoms. The summed E-state index contributed by atoms with van der Waals surface area (Å²) in [5.74, 6) is -1.03. The number of fused-ring (bicyclic) bond motifs is 1. The molecule has 2 aliphatic rings. The number of hydrogen-bond acceptors (Lipinski definition) is 3. The molecule has 4 nitrogen and oxygen atoms in total. The Bertz CT molecular complexity index is 551. The Morgan fingerprint density at radius 1 is 1.20 bits per heavy atom. The zero-order valence-corrected chi connectivity index (χ0v) is 11.1. The van der Waals surface area contributed by atoms with Gasteiger partial charge in [-0.2, -0.15) is 0 Å². The van der Waals surface area contributed by atoms with Crippen LogP contribution in [0.2, 0.25) is 0 Å². The van der Waals surface area contributed by atoms with Gasteiger partial charge < -0.3 is 5.73 Å². The number of likely N-dealkylation sites (tertiary alicyclic amines) is 1. The molecule has 2 amide bonds. The van der Waals surface area contributed by atoms with Crippen LogP contribution in [0.1, 0.15) is 30.4 Å². The first-order chi connectivity index (χ1) is 9.61. The molecule has 1 aromatic rings. The average Bonchev–Trinajstić information content (AvgIpc) is 3.00. The van der Waals surface area contributed by atoms with Gasteiger partial charge in [-0.25, -0.2) is 4.39 Å². The zero-order valence-electron chi connectivity index (χ0n) is 11.1. The lowest BCUT2D eigenvalue weighted by molar-refractivity contribution is -0.141. The van der Waals surface area contributed by atoms with E-state index in [0.717, 1.165) is 19.3 Å². The molecule has 0 bridgehead atoms. The predicted molar refractivity (Wildman–Crippen MR) is 70.7 cm³/mol. The van der Waals surface area contributed by atoms with Crippen LogP contribution in [-0.2, 0) is 22.7 Å². The van der Waals surface area contributed by atoms with Gasteiger partial charge in [-0.3, -0.25) is 14.5 Å². The second kappa shape index (κ2) is 4.98. The Balaban J connectivity index is 1.81. The minimum Gasteiger partial charge on any atom is -0.326 e. The van der Waals surface area contributed by atoms with Crippen LogP contribution in [-0.4, -0.2) is 16.7 Å². The monoisotopic (exact) mass is 276 g/mol. The third kappa shape index (κ3) is 2.02. The van der Waals surface area contributed by atoms with Gasteiger partial charge >= 0.3 is 0 Å². The largest absolute Gasteiger partial charge is 0.326 e. The van der Waals surface area contributed by atoms with Crippen LogP contribution in [0.5, 0.6) is 0 Å². The number of rotatable bonds is 3. The van der Waals surface area contributed by atoms with Crippen molar-refractivity contribution in [3.8, 4) is 0 Å². The van der Waals surface area contributed by atoms with Gasteiger partial charge in [0, 0.05) is 12.1 Å². The number of halogens is 1. The molecule has 0 radical (unpaired) electrons. The third-order valence-electron chi connectivity index (χ3n) is 4.36. The van der Waals surface area contributed by atoms with Gasteiger partial charge in [0.05, 0.1) is 18.4 Å². The van der Waals surface area contributed by atoms with Gasteiger partial charge in [0.15, 0.2) is 0 Å². The number of hydrogen-bond donors (Lipinski definition) is 1. The first kappa shape index (κ1) is 13.2. The highest BCUT2D eigenvalue weighted by Crippen LogP contribution is 2.40. The lowest BCUT2D eigenvalue weighted by Crippen LogP contribution is -2.31. The number of amides is 2. The lowest BCUT2D eigenvalue weighted by atomic mass is 10.00. The lowest BCUT2D eigenvalue weighted by Gasteiger charge is -2.16. The summed E-state index contributed by atoms with van der Waals surface area (Å²) in [4.78, 5) is 25.6. The molecule has 1 aliphatic heterocycles. The molecular weight excluding hydrogens is 259 g/mol. The second-order valence-electron chi connectivity index (χ2n) is 5.54. The summed E-state index contributed by atoms with van der Waals surface area (Å²) in [5.41, 5.74) is 6.51. The van der Waals surface area contributed by atoms with Crippen molar-refractivity contribution in [1.29, 1.82) is 0 Å². The Kier molecular flexibility index (Phi) is 3.30. The average molecular weight is 276 g/mol. The van der Waals surface area contributed by atoms with Crippen molar-refractivity contribution < 1.29 is 14.0 Å². The van der Waals surface area contributed by atoms with E-state index >= 15 is 0 Å². The molecule has 2 unspecified atom stereocenters. The molecule has 2 N–H and O–H groups in total. The van der Waals surface area contributed by atoms with E-state index in [1.165, 1.54) is 11.0 Å². The van der Waals surface area contributed by atoms with Crippen molar-refractivity contribution in [3.63, 3.8) is 0 Å². The molecule has 1 aliphatic carbocycles. The summed E-state index contributed by atoms with van der Waals surface area (Å²) in [6.45, 7) is 0.296. The minimum absolute atomic E-state index is 0.0291. The van der Waals surface area contributed by atoms with Crippen LogP contribution in [0.25, 0.3) is 0 Å². The SMILES string of the molecule is NCc1ccc(CN2C(=O)C3CCCC3C2=O)c(F)c1. The first-order valence-corrected chi connectivity index (χ1v) is 6.94. The van der Waals surface area contributed by atoms with Crippen LogP contribution < -0.4 is 5.73 Å². The molecule has 20 heavy (non-hydrogen) atoms. The zero-order chi connectivity index (χ0) is 14.3. The highest BCUT2D eigenvalue weighted by atomic mass is 19.1. The minimum atomic E-state index is -0.411. The predicted octanol–water partition coefficient (Wildman–Crippen LogP) is 1.57. The molecule has 3 rings (SSSR count). The molecule has 106 valence electrons. The molecule has 1 heterocycles. The maximum Gasteiger partial charge on any atom is 0.233 e. The van der Waals surface area contributed by atoms with Gasteiger partial charge in [-0.1, -0.05) is 18.6 Å². The van der Waals surface area contributed by atoms with E-state index in [4.69, 9.17) is 5.73 Å². The number of nitrogens with zero attached hydrogens (tertiary/aromatic N) is 1. The van der Waals surface area contributed by atoms with Crippen molar-refractivity contribution in [2.75, 3.05) is 0 Å². The highest BCUT2D eigenvalue weighted by molar-refractivity contribution is 6.05. The fourth-order valence-electron chi connectivity index (χ4n) is 3.23. The van der Waals surface area contributed by atoms with Crippen molar-refractivity contribution in [3.05, 3.63) is 35.1 Å². The van der Waals surface area contributed by atoms with Crippen LogP contribution in [0.3, 0.4) is 0 Å². The third-order valence-corrected chi connectivity index (χ3v) is 4.36. The maximum atomic E-state index is 13.9. The molecule has 2 fully saturated rings. The first-order valence-electron chi connectivity index (χ1n) is 6.94. The normalized spacial score (nSPS) is 25.4. The van der Waals surface area contributed by atoms with Crippen molar-refractivity contribution >= 4 is 11.8 Å². The van der Waals surface area contributed by atoms with E-state index in [1.807, 2.05) is 0 Å². The smallest absolute Gasteiger partial charge is 0.233 e. The summed E-state index contributed by atoms with van der Waals surface area (Å²) >= 11 is 0. The number of carbonyl (C=O) groups is 2. The molecule has 1 aromatic carbocycles. The van der Waals surface area contributed by atoms with Gasteiger partial charge in [0.2, 0.25) is 11.8 Å². The number of benzene rings is 1. The summed E-state index contributed by atoms with van der Waals surface area (Å²) in [6, 6.07) is 4.69. The molecule has 2 atom stereocenters. The fraction of sp³-hybridized carbons (Fsp3) is 0.467. The van der Waals surface area contributed by atoms with Crippen molar-refractivity contribution in [2.24, 2.45) is 17.6 Å². The second-order valence-corrected chi connectivity index (χ2v) is 5.54. The molecule has 5 heteroatoms. The van der Waals surface area contributed by atoms with E-state index in [9.17, 15) is 14.0 Å². The molecule has 1 saturated carbocycles.